The van der Waals surface area contributed by atoms with Gasteiger partial charge in [0.15, 0.2) is 0 Å². The number of anilines is 1. The molecule has 6 heteroatoms. The van der Waals surface area contributed by atoms with Crippen LogP contribution < -0.4 is 4.90 Å². The summed E-state index contributed by atoms with van der Waals surface area (Å²) in [6.45, 7) is 13.1. The Morgan fingerprint density at radius 2 is 1.78 bits per heavy atom. The molecule has 0 radical (unpaired) electrons. The molecule has 0 bridgehead atoms. The van der Waals surface area contributed by atoms with Gasteiger partial charge in [-0.15, -0.1) is 0 Å². The van der Waals surface area contributed by atoms with Crippen LogP contribution in [0.5, 0.6) is 0 Å². The average molecular weight is 374 g/mol. The Labute approximate surface area is 164 Å². The van der Waals surface area contributed by atoms with Gasteiger partial charge in [0, 0.05) is 51.1 Å². The number of likely N-dealkylation sites (N-methyl/N-ethyl adjacent to an activating group) is 1. The molecule has 2 aliphatic heterocycles. The van der Waals surface area contributed by atoms with E-state index >= 15 is 0 Å². The van der Waals surface area contributed by atoms with Gasteiger partial charge in [0.25, 0.3) is 0 Å². The maximum atomic E-state index is 12.7. The van der Waals surface area contributed by atoms with Gasteiger partial charge in [-0.2, -0.15) is 0 Å². The number of carbonyl (C=O) groups excluding carboxylic acids is 1. The minimum Gasteiger partial charge on any atom is -0.354 e. The number of amides is 1. The highest BCUT2D eigenvalue weighted by atomic mass is 16.2. The van der Waals surface area contributed by atoms with Gasteiger partial charge in [-0.05, 0) is 19.9 Å². The standard InChI is InChI=1S/C21H35N5O/c1-4-6-7-8-9-20(27)26-11-10-19-18(16-26)21(23-17(3)22-19)25-14-12-24(5-2)13-15-25/h4-16H2,1-3H3. The van der Waals surface area contributed by atoms with Gasteiger partial charge >= 0.3 is 0 Å². The lowest BCUT2D eigenvalue weighted by Crippen LogP contribution is -2.47. The first-order chi connectivity index (χ1) is 13.1. The normalized spacial score (nSPS) is 17.9. The van der Waals surface area contributed by atoms with E-state index in [1.807, 2.05) is 11.8 Å². The second-order valence-electron chi connectivity index (χ2n) is 7.82. The quantitative estimate of drug-likeness (QED) is 0.688. The first-order valence-electron chi connectivity index (χ1n) is 10.7. The monoisotopic (exact) mass is 373 g/mol. The van der Waals surface area contributed by atoms with Crippen molar-refractivity contribution in [2.45, 2.75) is 65.8 Å². The van der Waals surface area contributed by atoms with Crippen LogP contribution >= 0.6 is 0 Å². The molecule has 1 saturated heterocycles. The van der Waals surface area contributed by atoms with E-state index in [0.29, 0.717) is 18.9 Å². The molecule has 6 nitrogen and oxygen atoms in total. The smallest absolute Gasteiger partial charge is 0.222 e. The number of fused-ring (bicyclic) bond motifs is 1. The largest absolute Gasteiger partial charge is 0.354 e. The van der Waals surface area contributed by atoms with E-state index < -0.39 is 0 Å². The molecule has 3 heterocycles. The van der Waals surface area contributed by atoms with Gasteiger partial charge < -0.3 is 14.7 Å². The summed E-state index contributed by atoms with van der Waals surface area (Å²) in [4.78, 5) is 29.1. The highest BCUT2D eigenvalue weighted by Gasteiger charge is 2.28. The molecule has 0 N–H and O–H groups in total. The van der Waals surface area contributed by atoms with Crippen molar-refractivity contribution in [3.05, 3.63) is 17.1 Å². The van der Waals surface area contributed by atoms with Crippen LogP contribution in [0.1, 0.15) is 63.0 Å². The van der Waals surface area contributed by atoms with E-state index in [9.17, 15) is 4.79 Å². The summed E-state index contributed by atoms with van der Waals surface area (Å²) in [6.07, 6.45) is 6.11. The molecular formula is C21H35N5O. The van der Waals surface area contributed by atoms with Crippen molar-refractivity contribution >= 4 is 11.7 Å². The Balaban J connectivity index is 1.70. The van der Waals surface area contributed by atoms with Gasteiger partial charge in [0.1, 0.15) is 11.6 Å². The highest BCUT2D eigenvalue weighted by molar-refractivity contribution is 5.76. The van der Waals surface area contributed by atoms with E-state index in [0.717, 1.165) is 75.9 Å². The molecule has 27 heavy (non-hydrogen) atoms. The molecule has 150 valence electrons. The number of unbranched alkanes of at least 4 members (excludes halogenated alkanes) is 3. The zero-order valence-corrected chi connectivity index (χ0v) is 17.3. The molecule has 0 spiro atoms. The van der Waals surface area contributed by atoms with Gasteiger partial charge in [-0.1, -0.05) is 33.1 Å². The molecule has 1 fully saturated rings. The molecule has 1 amide bonds. The van der Waals surface area contributed by atoms with Crippen molar-refractivity contribution in [3.8, 4) is 0 Å². The summed E-state index contributed by atoms with van der Waals surface area (Å²) in [5.41, 5.74) is 2.32. The fraction of sp³-hybridized carbons (Fsp3) is 0.762. The summed E-state index contributed by atoms with van der Waals surface area (Å²) in [6, 6.07) is 0. The Bertz CT molecular complexity index is 640. The van der Waals surface area contributed by atoms with Crippen molar-refractivity contribution in [2.24, 2.45) is 0 Å². The van der Waals surface area contributed by atoms with Crippen LogP contribution in [-0.4, -0.2) is 64.9 Å². The van der Waals surface area contributed by atoms with Crippen LogP contribution in [0.3, 0.4) is 0 Å². The third-order valence-corrected chi connectivity index (χ3v) is 5.87. The molecule has 0 aromatic carbocycles. The van der Waals surface area contributed by atoms with Crippen LogP contribution in [0, 0.1) is 6.92 Å². The zero-order chi connectivity index (χ0) is 19.2. The van der Waals surface area contributed by atoms with Gasteiger partial charge in [0.05, 0.1) is 12.2 Å². The van der Waals surface area contributed by atoms with E-state index in [-0.39, 0.29) is 0 Å². The molecule has 1 aromatic rings. The minimum absolute atomic E-state index is 0.291. The summed E-state index contributed by atoms with van der Waals surface area (Å²) >= 11 is 0. The molecular weight excluding hydrogens is 338 g/mol. The topological polar surface area (TPSA) is 52.6 Å². The van der Waals surface area contributed by atoms with Crippen molar-refractivity contribution in [1.82, 2.24) is 19.8 Å². The molecule has 3 rings (SSSR count). The Morgan fingerprint density at radius 1 is 1.00 bits per heavy atom. The number of piperazine rings is 1. The first kappa shape index (κ1) is 20.1. The number of hydrogen-bond acceptors (Lipinski definition) is 5. The highest BCUT2D eigenvalue weighted by Crippen LogP contribution is 2.28. The molecule has 1 aromatic heterocycles. The number of aryl methyl sites for hydroxylation is 1. The average Bonchev–Trinajstić information content (AvgIpc) is 2.70. The Morgan fingerprint density at radius 3 is 2.48 bits per heavy atom. The second kappa shape index (κ2) is 9.49. The Hall–Kier alpha value is -1.69. The van der Waals surface area contributed by atoms with E-state index in [2.05, 4.69) is 23.6 Å². The maximum absolute atomic E-state index is 12.7. The van der Waals surface area contributed by atoms with Crippen molar-refractivity contribution in [2.75, 3.05) is 44.2 Å². The number of nitrogens with zero attached hydrogens (tertiary/aromatic N) is 5. The first-order valence-corrected chi connectivity index (χ1v) is 10.7. The van der Waals surface area contributed by atoms with Crippen LogP contribution in [0.2, 0.25) is 0 Å². The SMILES string of the molecule is CCCCCCC(=O)N1CCc2nc(C)nc(N3CCN(CC)CC3)c2C1. The third kappa shape index (κ3) is 4.98. The second-order valence-corrected chi connectivity index (χ2v) is 7.82. The summed E-state index contributed by atoms with van der Waals surface area (Å²) in [5.74, 6) is 2.21. The number of carbonyl (C=O) groups is 1. The zero-order valence-electron chi connectivity index (χ0n) is 17.3. The molecule has 2 aliphatic rings. The number of hydrogen-bond donors (Lipinski definition) is 0. The lowest BCUT2D eigenvalue weighted by molar-refractivity contribution is -0.132. The van der Waals surface area contributed by atoms with Gasteiger partial charge in [-0.25, -0.2) is 9.97 Å². The Kier molecular flexibility index (Phi) is 7.05. The van der Waals surface area contributed by atoms with Crippen LogP contribution in [0.25, 0.3) is 0 Å². The predicted molar refractivity (Wildman–Crippen MR) is 109 cm³/mol. The van der Waals surface area contributed by atoms with Crippen molar-refractivity contribution in [1.29, 1.82) is 0 Å². The number of rotatable bonds is 7. The molecule has 0 unspecified atom stereocenters. The fourth-order valence-electron chi connectivity index (χ4n) is 4.13. The van der Waals surface area contributed by atoms with Crippen LogP contribution in [0.4, 0.5) is 5.82 Å². The predicted octanol–water partition coefficient (Wildman–Crippen LogP) is 2.78. The molecule has 0 atom stereocenters. The fourth-order valence-corrected chi connectivity index (χ4v) is 4.13. The minimum atomic E-state index is 0.291. The van der Waals surface area contributed by atoms with Crippen LogP contribution in [0.15, 0.2) is 0 Å². The molecule has 0 saturated carbocycles. The van der Waals surface area contributed by atoms with E-state index in [1.54, 1.807) is 0 Å². The van der Waals surface area contributed by atoms with Gasteiger partial charge in [-0.3, -0.25) is 4.79 Å². The summed E-state index contributed by atoms with van der Waals surface area (Å²) in [7, 11) is 0. The maximum Gasteiger partial charge on any atom is 0.222 e. The number of aromatic nitrogens is 2. The lowest BCUT2D eigenvalue weighted by Gasteiger charge is -2.37. The lowest BCUT2D eigenvalue weighted by atomic mass is 10.0. The van der Waals surface area contributed by atoms with Crippen molar-refractivity contribution < 1.29 is 4.79 Å². The summed E-state index contributed by atoms with van der Waals surface area (Å²) < 4.78 is 0. The van der Waals surface area contributed by atoms with E-state index in [4.69, 9.17) is 9.97 Å². The van der Waals surface area contributed by atoms with Crippen molar-refractivity contribution in [3.63, 3.8) is 0 Å². The van der Waals surface area contributed by atoms with E-state index in [1.165, 1.54) is 18.4 Å². The summed E-state index contributed by atoms with van der Waals surface area (Å²) in [5, 5.41) is 0. The third-order valence-electron chi connectivity index (χ3n) is 5.87. The van der Waals surface area contributed by atoms with Crippen LogP contribution in [-0.2, 0) is 17.8 Å². The van der Waals surface area contributed by atoms with Gasteiger partial charge in [0.2, 0.25) is 5.91 Å². The molecule has 0 aliphatic carbocycles.